The van der Waals surface area contributed by atoms with Crippen molar-refractivity contribution in [3.63, 3.8) is 0 Å². The number of fused-ring (bicyclic) bond motifs is 1. The summed E-state index contributed by atoms with van der Waals surface area (Å²) in [4.78, 5) is 4.09. The van der Waals surface area contributed by atoms with Gasteiger partial charge in [0.2, 0.25) is 5.16 Å². The van der Waals surface area contributed by atoms with E-state index in [1.807, 2.05) is 22.9 Å². The van der Waals surface area contributed by atoms with Crippen molar-refractivity contribution in [3.8, 4) is 17.1 Å². The number of benzene rings is 1. The average Bonchev–Trinajstić information content (AvgIpc) is 3.28. The molecule has 144 valence electrons. The maximum absolute atomic E-state index is 5.00. The predicted molar refractivity (Wildman–Crippen MR) is 116 cm³/mol. The first kappa shape index (κ1) is 17.9. The summed E-state index contributed by atoms with van der Waals surface area (Å²) in [5.74, 6) is 0.733. The van der Waals surface area contributed by atoms with Crippen LogP contribution >= 0.6 is 11.8 Å². The molecule has 1 aliphatic rings. The van der Waals surface area contributed by atoms with Gasteiger partial charge in [0, 0.05) is 40.6 Å². The molecule has 0 spiro atoms. The lowest BCUT2D eigenvalue weighted by atomic mass is 10.1. The van der Waals surface area contributed by atoms with Gasteiger partial charge in [0.05, 0.1) is 11.0 Å². The molecule has 6 nitrogen and oxygen atoms in total. The third-order valence-corrected chi connectivity index (χ3v) is 6.19. The molecule has 0 saturated carbocycles. The first-order valence-electron chi connectivity index (χ1n) is 9.49. The number of thioether (sulfide) groups is 1. The van der Waals surface area contributed by atoms with Crippen molar-refractivity contribution in [2.24, 2.45) is 5.10 Å². The molecule has 4 aromatic rings. The fourth-order valence-corrected chi connectivity index (χ4v) is 4.70. The minimum atomic E-state index is 0.182. The van der Waals surface area contributed by atoms with Gasteiger partial charge >= 0.3 is 0 Å². The smallest absolute Gasteiger partial charge is 0.213 e. The highest BCUT2D eigenvalue weighted by Crippen LogP contribution is 2.34. The van der Waals surface area contributed by atoms with Gasteiger partial charge in [-0.1, -0.05) is 30.0 Å². The molecule has 0 radical (unpaired) electrons. The van der Waals surface area contributed by atoms with Crippen LogP contribution < -0.4 is 0 Å². The van der Waals surface area contributed by atoms with E-state index in [1.54, 1.807) is 24.2 Å². The number of para-hydroxylation sites is 1. The van der Waals surface area contributed by atoms with Crippen LogP contribution in [0.15, 0.2) is 71.2 Å². The molecule has 0 unspecified atom stereocenters. The normalized spacial score (nSPS) is 15.8. The second-order valence-electron chi connectivity index (χ2n) is 7.05. The summed E-state index contributed by atoms with van der Waals surface area (Å²) in [7, 11) is 0. The van der Waals surface area contributed by atoms with E-state index in [2.05, 4.69) is 70.9 Å². The van der Waals surface area contributed by atoms with Crippen LogP contribution in [0.4, 0.5) is 0 Å². The van der Waals surface area contributed by atoms with Crippen LogP contribution in [0.25, 0.3) is 17.1 Å². The number of aromatic nitrogens is 5. The fourth-order valence-electron chi connectivity index (χ4n) is 3.78. The van der Waals surface area contributed by atoms with Crippen LogP contribution in [0.2, 0.25) is 0 Å². The molecule has 4 heterocycles. The maximum atomic E-state index is 5.00. The Hall–Kier alpha value is -3.19. The number of hydrogen-bond acceptors (Lipinski definition) is 5. The number of pyridine rings is 1. The molecule has 1 aliphatic heterocycles. The Morgan fingerprint density at radius 3 is 2.48 bits per heavy atom. The van der Waals surface area contributed by atoms with E-state index in [1.165, 1.54) is 11.4 Å². The van der Waals surface area contributed by atoms with Gasteiger partial charge in [0.25, 0.3) is 0 Å². The number of rotatable bonds is 3. The molecule has 0 amide bonds. The summed E-state index contributed by atoms with van der Waals surface area (Å²) in [5.41, 5.74) is 6.67. The van der Waals surface area contributed by atoms with E-state index >= 15 is 0 Å². The zero-order valence-electron chi connectivity index (χ0n) is 16.4. The van der Waals surface area contributed by atoms with Gasteiger partial charge in [0.1, 0.15) is 0 Å². The van der Waals surface area contributed by atoms with Crippen LogP contribution in [0.1, 0.15) is 23.9 Å². The largest absolute Gasteiger partial charge is 0.318 e. The van der Waals surface area contributed by atoms with Crippen LogP contribution in [0.5, 0.6) is 0 Å². The zero-order valence-corrected chi connectivity index (χ0v) is 17.3. The minimum Gasteiger partial charge on any atom is -0.318 e. The van der Waals surface area contributed by atoms with Crippen molar-refractivity contribution in [2.45, 2.75) is 31.2 Å². The molecule has 0 N–H and O–H groups in total. The summed E-state index contributed by atoms with van der Waals surface area (Å²) < 4.78 is 4.13. The van der Waals surface area contributed by atoms with Crippen molar-refractivity contribution < 1.29 is 0 Å². The molecule has 29 heavy (non-hydrogen) atoms. The van der Waals surface area contributed by atoms with Gasteiger partial charge < -0.3 is 4.57 Å². The monoisotopic (exact) mass is 400 g/mol. The Bertz CT molecular complexity index is 1210. The molecule has 0 aliphatic carbocycles. The Balaban J connectivity index is 1.64. The van der Waals surface area contributed by atoms with Crippen LogP contribution in [-0.4, -0.2) is 35.4 Å². The Kier molecular flexibility index (Phi) is 4.32. The standard InChI is InChI=1S/C22H20N6S/c1-14-13-19(15(2)27(14)18-7-5-4-6-8-18)20-16(3)29-22-25-24-21(28(22)26-20)17-9-11-23-12-10-17/h4-13,16H,1-3H3/t16-/m1/s1. The summed E-state index contributed by atoms with van der Waals surface area (Å²) in [5, 5.41) is 14.7. The van der Waals surface area contributed by atoms with Crippen LogP contribution in [0.3, 0.4) is 0 Å². The number of nitrogens with zero attached hydrogens (tertiary/aromatic N) is 6. The van der Waals surface area contributed by atoms with Crippen molar-refractivity contribution in [3.05, 3.63) is 77.9 Å². The van der Waals surface area contributed by atoms with E-state index < -0.39 is 0 Å². The van der Waals surface area contributed by atoms with E-state index in [0.29, 0.717) is 0 Å². The number of hydrogen-bond donors (Lipinski definition) is 0. The Morgan fingerprint density at radius 1 is 0.966 bits per heavy atom. The van der Waals surface area contributed by atoms with E-state index in [0.717, 1.165) is 33.5 Å². The summed E-state index contributed by atoms with van der Waals surface area (Å²) in [6.45, 7) is 6.46. The van der Waals surface area contributed by atoms with Gasteiger partial charge in [-0.3, -0.25) is 4.98 Å². The van der Waals surface area contributed by atoms with E-state index in [4.69, 9.17) is 5.10 Å². The third-order valence-electron chi connectivity index (χ3n) is 5.15. The highest BCUT2D eigenvalue weighted by atomic mass is 32.2. The first-order chi connectivity index (χ1) is 14.1. The topological polar surface area (TPSA) is 60.9 Å². The number of aryl methyl sites for hydroxylation is 1. The quantitative estimate of drug-likeness (QED) is 0.508. The summed E-state index contributed by atoms with van der Waals surface area (Å²) >= 11 is 1.68. The lowest BCUT2D eigenvalue weighted by Gasteiger charge is -2.20. The zero-order chi connectivity index (χ0) is 20.0. The molecule has 1 aromatic carbocycles. The molecule has 7 heteroatoms. The van der Waals surface area contributed by atoms with E-state index in [9.17, 15) is 0 Å². The molecule has 3 aromatic heterocycles. The Morgan fingerprint density at radius 2 is 1.72 bits per heavy atom. The maximum Gasteiger partial charge on any atom is 0.213 e. The highest BCUT2D eigenvalue weighted by molar-refractivity contribution is 8.00. The van der Waals surface area contributed by atoms with Crippen LogP contribution in [0, 0.1) is 13.8 Å². The molecule has 0 saturated heterocycles. The molecule has 0 bridgehead atoms. The second kappa shape index (κ2) is 7.00. The second-order valence-corrected chi connectivity index (χ2v) is 8.36. The molecular formula is C22H20N6S. The summed E-state index contributed by atoms with van der Waals surface area (Å²) in [6.07, 6.45) is 3.52. The molecule has 5 rings (SSSR count). The average molecular weight is 401 g/mol. The Labute approximate surface area is 173 Å². The van der Waals surface area contributed by atoms with Crippen molar-refractivity contribution >= 4 is 17.5 Å². The molecule has 0 fully saturated rings. The van der Waals surface area contributed by atoms with Crippen LogP contribution in [-0.2, 0) is 0 Å². The van der Waals surface area contributed by atoms with Gasteiger partial charge in [-0.25, -0.2) is 0 Å². The minimum absolute atomic E-state index is 0.182. The molecule has 1 atom stereocenters. The van der Waals surface area contributed by atoms with Gasteiger partial charge in [-0.15, -0.1) is 10.2 Å². The summed E-state index contributed by atoms with van der Waals surface area (Å²) in [6, 6.07) is 16.5. The third kappa shape index (κ3) is 2.98. The van der Waals surface area contributed by atoms with E-state index in [-0.39, 0.29) is 5.25 Å². The molecular weight excluding hydrogens is 380 g/mol. The van der Waals surface area contributed by atoms with Gasteiger partial charge in [-0.05, 0) is 51.1 Å². The lowest BCUT2D eigenvalue weighted by molar-refractivity contribution is 0.754. The van der Waals surface area contributed by atoms with Gasteiger partial charge in [-0.2, -0.15) is 9.78 Å². The highest BCUT2D eigenvalue weighted by Gasteiger charge is 2.28. The van der Waals surface area contributed by atoms with Crippen molar-refractivity contribution in [1.29, 1.82) is 0 Å². The predicted octanol–water partition coefficient (Wildman–Crippen LogP) is 4.49. The fraction of sp³-hybridized carbons (Fsp3) is 0.182. The lowest BCUT2D eigenvalue weighted by Crippen LogP contribution is -2.22. The SMILES string of the molecule is Cc1cc(C2=Nn3c(nnc3-c3ccncc3)S[C@@H]2C)c(C)n1-c1ccccc1. The van der Waals surface area contributed by atoms with Gasteiger partial charge in [0.15, 0.2) is 5.82 Å². The van der Waals surface area contributed by atoms with Crippen molar-refractivity contribution in [2.75, 3.05) is 0 Å². The van der Waals surface area contributed by atoms with Crippen molar-refractivity contribution in [1.82, 2.24) is 24.4 Å². The first-order valence-corrected chi connectivity index (χ1v) is 10.4.